The van der Waals surface area contributed by atoms with Gasteiger partial charge in [-0.1, -0.05) is 20.3 Å². The Morgan fingerprint density at radius 3 is 2.74 bits per heavy atom. The number of hydrogen-bond donors (Lipinski definition) is 1. The molecule has 1 N–H and O–H groups in total. The van der Waals surface area contributed by atoms with Crippen LogP contribution in [0, 0.1) is 17.3 Å². The van der Waals surface area contributed by atoms with Crippen molar-refractivity contribution in [2.24, 2.45) is 17.3 Å². The predicted molar refractivity (Wildman–Crippen MR) is 75.1 cm³/mol. The van der Waals surface area contributed by atoms with Gasteiger partial charge < -0.3 is 9.84 Å². The number of hydrogen-bond acceptors (Lipinski definition) is 2. The third-order valence-corrected chi connectivity index (χ3v) is 4.96. The summed E-state index contributed by atoms with van der Waals surface area (Å²) in [7, 11) is 0. The summed E-state index contributed by atoms with van der Waals surface area (Å²) in [4.78, 5) is 11.4. The summed E-state index contributed by atoms with van der Waals surface area (Å²) in [5.74, 6) is -0.335. The average Bonchev–Trinajstić information content (AvgIpc) is 2.80. The third kappa shape index (κ3) is 4.20. The molecule has 0 spiro atoms. The third-order valence-electron chi connectivity index (χ3n) is 4.96. The van der Waals surface area contributed by atoms with E-state index >= 15 is 0 Å². The maximum Gasteiger partial charge on any atom is 0.306 e. The Balaban J connectivity index is 1.81. The quantitative estimate of drug-likeness (QED) is 0.823. The second-order valence-corrected chi connectivity index (χ2v) is 7.18. The molecule has 3 heteroatoms. The molecule has 0 aromatic rings. The lowest BCUT2D eigenvalue weighted by atomic mass is 9.66. The van der Waals surface area contributed by atoms with Crippen molar-refractivity contribution in [3.63, 3.8) is 0 Å². The molecular weight excluding hydrogens is 240 g/mol. The molecule has 1 saturated heterocycles. The molecule has 0 aromatic carbocycles. The van der Waals surface area contributed by atoms with Crippen molar-refractivity contribution < 1.29 is 14.6 Å². The molecule has 3 nitrogen and oxygen atoms in total. The number of ether oxygens (including phenoxy) is 1. The Hall–Kier alpha value is -0.570. The molecule has 0 amide bonds. The summed E-state index contributed by atoms with van der Waals surface area (Å²) in [6.45, 7) is 5.47. The zero-order valence-electron chi connectivity index (χ0n) is 12.4. The van der Waals surface area contributed by atoms with E-state index in [1.807, 2.05) is 0 Å². The monoisotopic (exact) mass is 268 g/mol. The molecule has 2 rings (SSSR count). The molecule has 0 bridgehead atoms. The van der Waals surface area contributed by atoms with Crippen molar-refractivity contribution in [1.82, 2.24) is 0 Å². The first-order chi connectivity index (χ1) is 8.98. The maximum absolute atomic E-state index is 11.4. The van der Waals surface area contributed by atoms with E-state index in [2.05, 4.69) is 13.8 Å². The van der Waals surface area contributed by atoms with Crippen LogP contribution in [0.4, 0.5) is 0 Å². The van der Waals surface area contributed by atoms with Gasteiger partial charge in [0.1, 0.15) is 0 Å². The first-order valence-corrected chi connectivity index (χ1v) is 7.82. The first kappa shape index (κ1) is 14.8. The minimum Gasteiger partial charge on any atom is -0.481 e. The highest BCUT2D eigenvalue weighted by molar-refractivity contribution is 5.70. The van der Waals surface area contributed by atoms with Crippen molar-refractivity contribution >= 4 is 5.97 Å². The van der Waals surface area contributed by atoms with E-state index in [1.54, 1.807) is 0 Å². The van der Waals surface area contributed by atoms with Gasteiger partial charge in [0.05, 0.1) is 12.0 Å². The largest absolute Gasteiger partial charge is 0.481 e. The van der Waals surface area contributed by atoms with Crippen molar-refractivity contribution in [3.05, 3.63) is 0 Å². The van der Waals surface area contributed by atoms with E-state index < -0.39 is 5.97 Å². The minimum atomic E-state index is -0.586. The Morgan fingerprint density at radius 2 is 2.11 bits per heavy atom. The number of rotatable bonds is 5. The average molecular weight is 268 g/mol. The highest BCUT2D eigenvalue weighted by Gasteiger charge is 2.38. The molecule has 2 aliphatic rings. The van der Waals surface area contributed by atoms with Gasteiger partial charge in [-0.25, -0.2) is 0 Å². The fourth-order valence-corrected chi connectivity index (χ4v) is 3.84. The Labute approximate surface area is 116 Å². The van der Waals surface area contributed by atoms with Gasteiger partial charge >= 0.3 is 5.97 Å². The van der Waals surface area contributed by atoms with Crippen molar-refractivity contribution in [3.8, 4) is 0 Å². The fraction of sp³-hybridized carbons (Fsp3) is 0.938. The minimum absolute atomic E-state index is 0.113. The van der Waals surface area contributed by atoms with Crippen LogP contribution in [-0.2, 0) is 9.53 Å². The molecule has 0 radical (unpaired) electrons. The predicted octanol–water partition coefficient (Wildman–Crippen LogP) is 3.86. The van der Waals surface area contributed by atoms with E-state index in [0.29, 0.717) is 17.4 Å². The van der Waals surface area contributed by atoms with Crippen LogP contribution in [0.2, 0.25) is 0 Å². The van der Waals surface area contributed by atoms with Crippen LogP contribution in [-0.4, -0.2) is 23.8 Å². The van der Waals surface area contributed by atoms with Crippen molar-refractivity contribution in [1.29, 1.82) is 0 Å². The molecule has 0 aromatic heterocycles. The topological polar surface area (TPSA) is 46.5 Å². The molecular formula is C16H28O3. The molecule has 2 fully saturated rings. The number of carboxylic acids is 1. The summed E-state index contributed by atoms with van der Waals surface area (Å²) in [5, 5.41) is 9.37. The normalized spacial score (nSPS) is 34.3. The molecule has 1 aliphatic carbocycles. The Kier molecular flexibility index (Phi) is 4.88. The van der Waals surface area contributed by atoms with Gasteiger partial charge in [0.25, 0.3) is 0 Å². The number of carboxylic acid groups (broad SMARTS) is 1. The Morgan fingerprint density at radius 1 is 1.32 bits per heavy atom. The molecule has 1 saturated carbocycles. The second-order valence-electron chi connectivity index (χ2n) is 7.18. The smallest absolute Gasteiger partial charge is 0.306 e. The van der Waals surface area contributed by atoms with Gasteiger partial charge in [-0.3, -0.25) is 4.79 Å². The highest BCUT2D eigenvalue weighted by Crippen LogP contribution is 2.44. The van der Waals surface area contributed by atoms with Crippen LogP contribution in [0.15, 0.2) is 0 Å². The van der Waals surface area contributed by atoms with E-state index in [-0.39, 0.29) is 5.92 Å². The summed E-state index contributed by atoms with van der Waals surface area (Å²) >= 11 is 0. The Bertz CT molecular complexity index is 305. The van der Waals surface area contributed by atoms with Gasteiger partial charge in [-0.2, -0.15) is 0 Å². The zero-order chi connectivity index (χ0) is 13.9. The van der Waals surface area contributed by atoms with Crippen molar-refractivity contribution in [2.75, 3.05) is 6.61 Å². The van der Waals surface area contributed by atoms with E-state index in [4.69, 9.17) is 4.74 Å². The SMILES string of the molecule is CC1(C)CCC(C(=O)O)C(CCCC2CCCO2)C1. The van der Waals surface area contributed by atoms with Gasteiger partial charge in [-0.15, -0.1) is 0 Å². The van der Waals surface area contributed by atoms with Crippen molar-refractivity contribution in [2.45, 2.75) is 71.3 Å². The molecule has 3 unspecified atom stereocenters. The second kappa shape index (κ2) is 6.25. The summed E-state index contributed by atoms with van der Waals surface area (Å²) < 4.78 is 5.64. The molecule has 1 aliphatic heterocycles. The molecule has 19 heavy (non-hydrogen) atoms. The van der Waals surface area contributed by atoms with E-state index in [1.165, 1.54) is 12.8 Å². The van der Waals surface area contributed by atoms with Crippen LogP contribution in [0.25, 0.3) is 0 Å². The summed E-state index contributed by atoms with van der Waals surface area (Å²) in [6, 6.07) is 0. The van der Waals surface area contributed by atoms with Crippen LogP contribution < -0.4 is 0 Å². The molecule has 1 heterocycles. The van der Waals surface area contributed by atoms with Gasteiger partial charge in [0, 0.05) is 6.61 Å². The fourth-order valence-electron chi connectivity index (χ4n) is 3.84. The summed E-state index contributed by atoms with van der Waals surface area (Å²) in [5.41, 5.74) is 0.320. The van der Waals surface area contributed by atoms with Crippen LogP contribution in [0.5, 0.6) is 0 Å². The lowest BCUT2D eigenvalue weighted by Crippen LogP contribution is -2.34. The number of carbonyl (C=O) groups is 1. The lowest BCUT2D eigenvalue weighted by Gasteiger charge is -2.39. The van der Waals surface area contributed by atoms with E-state index in [0.717, 1.165) is 45.1 Å². The van der Waals surface area contributed by atoms with Gasteiger partial charge in [0.15, 0.2) is 0 Å². The van der Waals surface area contributed by atoms with Gasteiger partial charge in [0.2, 0.25) is 0 Å². The van der Waals surface area contributed by atoms with Gasteiger partial charge in [-0.05, 0) is 56.3 Å². The van der Waals surface area contributed by atoms with E-state index in [9.17, 15) is 9.90 Å². The molecule has 3 atom stereocenters. The summed E-state index contributed by atoms with van der Waals surface area (Å²) in [6.07, 6.45) is 9.09. The maximum atomic E-state index is 11.4. The highest BCUT2D eigenvalue weighted by atomic mass is 16.5. The molecule has 110 valence electrons. The van der Waals surface area contributed by atoms with Crippen LogP contribution >= 0.6 is 0 Å². The zero-order valence-corrected chi connectivity index (χ0v) is 12.4. The lowest BCUT2D eigenvalue weighted by molar-refractivity contribution is -0.146. The van der Waals surface area contributed by atoms with Crippen LogP contribution in [0.1, 0.15) is 65.2 Å². The standard InChI is InChI=1S/C16H28O3/c1-16(2)9-8-14(15(17)18)12(11-16)5-3-6-13-7-4-10-19-13/h12-14H,3-11H2,1-2H3,(H,17,18). The number of aliphatic carboxylic acids is 1. The van der Waals surface area contributed by atoms with Crippen LogP contribution in [0.3, 0.4) is 0 Å². The first-order valence-electron chi connectivity index (χ1n) is 7.82.